The van der Waals surface area contributed by atoms with Crippen molar-refractivity contribution in [3.63, 3.8) is 0 Å². The summed E-state index contributed by atoms with van der Waals surface area (Å²) in [6.07, 6.45) is 45.4. The first-order chi connectivity index (χ1) is 25.3. The van der Waals surface area contributed by atoms with Crippen molar-refractivity contribution < 1.29 is 4.74 Å². The molecule has 0 aromatic rings. The molecule has 16 atom stereocenters. The van der Waals surface area contributed by atoms with Gasteiger partial charge >= 0.3 is 0 Å². The Morgan fingerprint density at radius 3 is 1.84 bits per heavy atom. The molecule has 11 fully saturated rings. The van der Waals surface area contributed by atoms with Gasteiger partial charge in [0.05, 0.1) is 5.76 Å². The van der Waals surface area contributed by atoms with E-state index in [0.717, 1.165) is 100 Å². The molecule has 1 spiro atoms. The molecule has 51 heavy (non-hydrogen) atoms. The molecule has 12 rings (SSSR count). The number of rotatable bonds is 4. The van der Waals surface area contributed by atoms with Crippen LogP contribution in [-0.4, -0.2) is 29.1 Å². The summed E-state index contributed by atoms with van der Waals surface area (Å²) in [6.45, 7) is 0. The third-order valence-electron chi connectivity index (χ3n) is 21.1. The van der Waals surface area contributed by atoms with Crippen LogP contribution in [0.15, 0.2) is 11.3 Å². The molecule has 13 unspecified atom stereocenters. The lowest BCUT2D eigenvalue weighted by Crippen LogP contribution is -2.56. The van der Waals surface area contributed by atoms with E-state index in [1.54, 1.807) is 121 Å². The average molecular weight is 694 g/mol. The van der Waals surface area contributed by atoms with Crippen molar-refractivity contribution in [3.8, 4) is 0 Å². The molecule has 0 bridgehead atoms. The fourth-order valence-corrected chi connectivity index (χ4v) is 20.0. The van der Waals surface area contributed by atoms with Crippen LogP contribution < -0.4 is 0 Å². The van der Waals surface area contributed by atoms with Crippen molar-refractivity contribution in [2.75, 3.05) is 0 Å². The lowest BCUT2D eigenvalue weighted by Gasteiger charge is -2.55. The van der Waals surface area contributed by atoms with Crippen LogP contribution in [0.4, 0.5) is 0 Å². The monoisotopic (exact) mass is 694 g/mol. The van der Waals surface area contributed by atoms with Gasteiger partial charge in [0.2, 0.25) is 0 Å². The summed E-state index contributed by atoms with van der Waals surface area (Å²) in [7, 11) is 0. The van der Waals surface area contributed by atoms with Crippen LogP contribution in [0.1, 0.15) is 186 Å². The van der Waals surface area contributed by atoms with Crippen molar-refractivity contribution in [1.82, 2.24) is 4.90 Å². The van der Waals surface area contributed by atoms with Crippen LogP contribution in [0.5, 0.6) is 0 Å². The number of ether oxygens (including phenoxy) is 1. The summed E-state index contributed by atoms with van der Waals surface area (Å²) in [5.41, 5.74) is 2.61. The molecule has 10 saturated carbocycles. The number of hydrogen-bond acceptors (Lipinski definition) is 2. The normalized spacial score (nSPS) is 55.7. The van der Waals surface area contributed by atoms with E-state index in [1.165, 1.54) is 70.6 Å². The van der Waals surface area contributed by atoms with Gasteiger partial charge in [-0.3, -0.25) is 4.90 Å². The zero-order valence-corrected chi connectivity index (χ0v) is 32.7. The molecule has 12 aliphatic rings. The van der Waals surface area contributed by atoms with Crippen LogP contribution in [0.2, 0.25) is 0 Å². The maximum atomic E-state index is 6.85. The minimum absolute atomic E-state index is 0.596. The molecule has 282 valence electrons. The molecule has 0 N–H and O–H groups in total. The van der Waals surface area contributed by atoms with Gasteiger partial charge in [-0.15, -0.1) is 0 Å². The second-order valence-electron chi connectivity index (χ2n) is 22.1. The summed E-state index contributed by atoms with van der Waals surface area (Å²) in [5, 5.41) is 0. The van der Waals surface area contributed by atoms with Crippen molar-refractivity contribution in [3.05, 3.63) is 11.3 Å². The van der Waals surface area contributed by atoms with E-state index < -0.39 is 0 Å². The molecule has 11 aliphatic carbocycles. The summed E-state index contributed by atoms with van der Waals surface area (Å²) in [6, 6.07) is 2.72. The maximum Gasteiger partial charge on any atom is 0.102 e. The Balaban J connectivity index is 0.858. The van der Waals surface area contributed by atoms with Gasteiger partial charge in [-0.2, -0.15) is 0 Å². The van der Waals surface area contributed by atoms with Crippen LogP contribution in [-0.2, 0) is 4.74 Å². The Morgan fingerprint density at radius 2 is 1.06 bits per heavy atom. The smallest absolute Gasteiger partial charge is 0.102 e. The van der Waals surface area contributed by atoms with E-state index >= 15 is 0 Å². The van der Waals surface area contributed by atoms with E-state index in [2.05, 4.69) is 4.90 Å². The van der Waals surface area contributed by atoms with Gasteiger partial charge in [0, 0.05) is 30.0 Å². The number of nitrogens with zero attached hydrogens (tertiary/aromatic N) is 1. The first kappa shape index (κ1) is 32.7. The highest BCUT2D eigenvalue weighted by atomic mass is 16.5. The highest BCUT2D eigenvalue weighted by Gasteiger charge is 2.72. The van der Waals surface area contributed by atoms with Gasteiger partial charge in [-0.05, 0) is 211 Å². The van der Waals surface area contributed by atoms with Crippen LogP contribution >= 0.6 is 0 Å². The molecule has 2 heteroatoms. The molecular formula is C49H75NO. The summed E-state index contributed by atoms with van der Waals surface area (Å²) in [4.78, 5) is 3.47. The lowest BCUT2D eigenvalue weighted by molar-refractivity contribution is -0.0632. The second-order valence-corrected chi connectivity index (χ2v) is 22.1. The van der Waals surface area contributed by atoms with E-state index in [9.17, 15) is 0 Å². The van der Waals surface area contributed by atoms with E-state index in [-0.39, 0.29) is 0 Å². The lowest BCUT2D eigenvalue weighted by atomic mass is 9.53. The number of fused-ring (bicyclic) bond motifs is 14. The van der Waals surface area contributed by atoms with Crippen molar-refractivity contribution in [2.45, 2.75) is 210 Å². The maximum absolute atomic E-state index is 6.85. The number of allylic oxidation sites excluding steroid dienone is 2. The number of hydrogen-bond donors (Lipinski definition) is 0. The van der Waals surface area contributed by atoms with Crippen LogP contribution in [0, 0.1) is 82.3 Å². The molecule has 0 aromatic heterocycles. The summed E-state index contributed by atoms with van der Waals surface area (Å²) < 4.78 is 6.85. The van der Waals surface area contributed by atoms with Crippen LogP contribution in [0.25, 0.3) is 0 Å². The fourth-order valence-electron chi connectivity index (χ4n) is 20.0. The third-order valence-corrected chi connectivity index (χ3v) is 21.1. The minimum Gasteiger partial charge on any atom is -0.494 e. The first-order valence-corrected chi connectivity index (χ1v) is 24.5. The van der Waals surface area contributed by atoms with E-state index in [0.29, 0.717) is 6.10 Å². The Hall–Kier alpha value is -0.500. The Bertz CT molecular complexity index is 1320. The third kappa shape index (κ3) is 4.74. The van der Waals surface area contributed by atoms with Crippen molar-refractivity contribution in [1.29, 1.82) is 0 Å². The first-order valence-electron chi connectivity index (χ1n) is 24.5. The van der Waals surface area contributed by atoms with Gasteiger partial charge in [0.1, 0.15) is 6.10 Å². The van der Waals surface area contributed by atoms with Gasteiger partial charge in [-0.25, -0.2) is 0 Å². The molecular weight excluding hydrogens is 619 g/mol. The van der Waals surface area contributed by atoms with E-state index in [1.807, 2.05) is 5.57 Å². The Labute approximate surface area is 312 Å². The Kier molecular flexibility index (Phi) is 8.19. The van der Waals surface area contributed by atoms with E-state index in [4.69, 9.17) is 4.74 Å². The second kappa shape index (κ2) is 12.8. The zero-order chi connectivity index (χ0) is 33.3. The topological polar surface area (TPSA) is 12.5 Å². The highest BCUT2D eigenvalue weighted by Crippen LogP contribution is 2.78. The van der Waals surface area contributed by atoms with Crippen molar-refractivity contribution in [2.24, 2.45) is 82.3 Å². The molecule has 1 heterocycles. The quantitative estimate of drug-likeness (QED) is 0.291. The standard InChI is InChI=1S/C49H75NO/c1-2-10-34-30(9-1)21-28-46(34)50(32-22-19-31(20-23-32)35-26-27-41-40-14-8-18-47(40)51-48(35)41)33-24-25-39-38-13-7-17-44(38)49(45(39)29-33)42-15-5-3-11-36(42)37-12-4-6-16-43(37)49/h30-34,36-47H,1-29H2/t30?,31?,32?,33?,34-,36-,37?,38?,39?,40?,41?,42?,43?,44?,45?,46?,47?,49+/m0/s1. The molecule has 1 saturated heterocycles. The summed E-state index contributed by atoms with van der Waals surface area (Å²) >= 11 is 0. The predicted molar refractivity (Wildman–Crippen MR) is 207 cm³/mol. The molecule has 1 aliphatic heterocycles. The largest absolute Gasteiger partial charge is 0.494 e. The minimum atomic E-state index is 0.596. The average Bonchev–Trinajstić information content (AvgIpc) is 4.04. The summed E-state index contributed by atoms with van der Waals surface area (Å²) in [5.74, 6) is 15.2. The van der Waals surface area contributed by atoms with Crippen molar-refractivity contribution >= 4 is 0 Å². The zero-order valence-electron chi connectivity index (χ0n) is 32.7. The SMILES string of the molecule is C1CC2OC3=C(C4CCC(N(C5CCC6C7CCCC7[C@]7(C6C5)C5CCCCC5[C@@H]5CCCCC57)C5CCC6CCCC[C@@H]65)CC4)CCC3C2C1. The molecule has 0 amide bonds. The Morgan fingerprint density at radius 1 is 0.451 bits per heavy atom. The molecule has 2 nitrogen and oxygen atoms in total. The van der Waals surface area contributed by atoms with Crippen LogP contribution in [0.3, 0.4) is 0 Å². The van der Waals surface area contributed by atoms with Gasteiger partial charge < -0.3 is 4.74 Å². The fraction of sp³-hybridized carbons (Fsp3) is 0.959. The highest BCUT2D eigenvalue weighted by molar-refractivity contribution is 5.26. The van der Waals surface area contributed by atoms with Gasteiger partial charge in [0.15, 0.2) is 0 Å². The molecule has 0 aromatic carbocycles. The predicted octanol–water partition coefficient (Wildman–Crippen LogP) is 12.5. The van der Waals surface area contributed by atoms with Gasteiger partial charge in [0.25, 0.3) is 0 Å². The molecule has 0 radical (unpaired) electrons. The van der Waals surface area contributed by atoms with Gasteiger partial charge in [-0.1, -0.05) is 51.4 Å².